The van der Waals surface area contributed by atoms with E-state index >= 15 is 0 Å². The molecule has 0 aromatic carbocycles. The summed E-state index contributed by atoms with van der Waals surface area (Å²) in [4.78, 5) is 0. The molecule has 0 radical (unpaired) electrons. The molecule has 1 fully saturated rings. The van der Waals surface area contributed by atoms with Crippen molar-refractivity contribution < 1.29 is 4.74 Å². The van der Waals surface area contributed by atoms with E-state index < -0.39 is 0 Å². The second-order valence-corrected chi connectivity index (χ2v) is 2.64. The van der Waals surface area contributed by atoms with Gasteiger partial charge in [-0.1, -0.05) is 6.92 Å². The monoisotopic (exact) mass is 115 g/mol. The van der Waals surface area contributed by atoms with Crippen LogP contribution in [0.3, 0.4) is 0 Å². The molecule has 1 unspecified atom stereocenters. The van der Waals surface area contributed by atoms with Gasteiger partial charge in [-0.2, -0.15) is 0 Å². The lowest BCUT2D eigenvalue weighted by atomic mass is 10.0. The molecule has 1 saturated heterocycles. The Hall–Kier alpha value is -0.0800. The molecule has 2 N–H and O–H groups in total. The summed E-state index contributed by atoms with van der Waals surface area (Å²) in [5, 5.41) is 0. The molecule has 0 aromatic heterocycles. The Morgan fingerprint density at radius 2 is 2.25 bits per heavy atom. The molecule has 8 heavy (non-hydrogen) atoms. The first-order valence-corrected chi connectivity index (χ1v) is 3.12. The Bertz CT molecular complexity index is 66.9. The van der Waals surface area contributed by atoms with Crippen molar-refractivity contribution in [2.75, 3.05) is 13.2 Å². The zero-order valence-electron chi connectivity index (χ0n) is 5.26. The van der Waals surface area contributed by atoms with Gasteiger partial charge >= 0.3 is 0 Å². The fourth-order valence-corrected chi connectivity index (χ4v) is 1.07. The molecule has 0 spiro atoms. The van der Waals surface area contributed by atoms with Crippen LogP contribution in [0.2, 0.25) is 0 Å². The van der Waals surface area contributed by atoms with E-state index in [1.165, 1.54) is 0 Å². The summed E-state index contributed by atoms with van der Waals surface area (Å²) in [6.07, 6.45) is 1.12. The standard InChI is InChI=1S/C6H13NO/c1-5-2-6(7)4-8-3-5/h5-6H,2-4,7H2,1H3/t5-,6?/m0/s1. The summed E-state index contributed by atoms with van der Waals surface area (Å²) in [7, 11) is 0. The van der Waals surface area contributed by atoms with Gasteiger partial charge in [-0.25, -0.2) is 0 Å². The lowest BCUT2D eigenvalue weighted by molar-refractivity contribution is 0.0476. The summed E-state index contributed by atoms with van der Waals surface area (Å²) in [6.45, 7) is 3.82. The van der Waals surface area contributed by atoms with Crippen LogP contribution >= 0.6 is 0 Å². The second-order valence-electron chi connectivity index (χ2n) is 2.64. The van der Waals surface area contributed by atoms with Crippen LogP contribution in [0.4, 0.5) is 0 Å². The Balaban J connectivity index is 2.23. The molecule has 1 aliphatic heterocycles. The highest BCUT2D eigenvalue weighted by Crippen LogP contribution is 2.10. The average Bonchev–Trinajstić information content (AvgIpc) is 1.64. The lowest BCUT2D eigenvalue weighted by Crippen LogP contribution is -2.34. The van der Waals surface area contributed by atoms with Gasteiger partial charge in [0.05, 0.1) is 6.61 Å². The zero-order chi connectivity index (χ0) is 5.98. The van der Waals surface area contributed by atoms with Crippen LogP contribution in [-0.4, -0.2) is 19.3 Å². The highest BCUT2D eigenvalue weighted by atomic mass is 16.5. The highest BCUT2D eigenvalue weighted by Gasteiger charge is 2.14. The Kier molecular flexibility index (Phi) is 1.86. The smallest absolute Gasteiger partial charge is 0.0617 e. The molecule has 0 aromatic rings. The topological polar surface area (TPSA) is 35.2 Å². The summed E-state index contributed by atoms with van der Waals surface area (Å²) in [6, 6.07) is 0.291. The minimum absolute atomic E-state index is 0.291. The van der Waals surface area contributed by atoms with E-state index in [4.69, 9.17) is 10.5 Å². The van der Waals surface area contributed by atoms with E-state index in [1.807, 2.05) is 0 Å². The summed E-state index contributed by atoms with van der Waals surface area (Å²) < 4.78 is 5.17. The molecule has 0 saturated carbocycles. The van der Waals surface area contributed by atoms with Crippen molar-refractivity contribution in [1.29, 1.82) is 0 Å². The van der Waals surface area contributed by atoms with Crippen molar-refractivity contribution in [2.45, 2.75) is 19.4 Å². The number of ether oxygens (including phenoxy) is 1. The maximum atomic E-state index is 5.60. The first-order valence-electron chi connectivity index (χ1n) is 3.12. The van der Waals surface area contributed by atoms with Crippen molar-refractivity contribution in [2.24, 2.45) is 11.7 Å². The third-order valence-electron chi connectivity index (χ3n) is 1.44. The number of rotatable bonds is 0. The number of hydrogen-bond acceptors (Lipinski definition) is 2. The van der Waals surface area contributed by atoms with Crippen molar-refractivity contribution >= 4 is 0 Å². The van der Waals surface area contributed by atoms with Crippen molar-refractivity contribution in [3.05, 3.63) is 0 Å². The Morgan fingerprint density at radius 3 is 2.62 bits per heavy atom. The molecular formula is C6H13NO. The normalized spacial score (nSPS) is 39.8. The Labute approximate surface area is 50.0 Å². The highest BCUT2D eigenvalue weighted by molar-refractivity contribution is 4.68. The van der Waals surface area contributed by atoms with E-state index in [0.717, 1.165) is 19.6 Å². The molecule has 1 heterocycles. The van der Waals surface area contributed by atoms with Crippen LogP contribution in [-0.2, 0) is 4.74 Å². The predicted octanol–water partition coefficient (Wildman–Crippen LogP) is 0.370. The molecule has 2 heteroatoms. The fourth-order valence-electron chi connectivity index (χ4n) is 1.07. The molecule has 1 aliphatic rings. The molecule has 0 aliphatic carbocycles. The number of hydrogen-bond donors (Lipinski definition) is 1. The quantitative estimate of drug-likeness (QED) is 0.495. The van der Waals surface area contributed by atoms with Gasteiger partial charge in [0.2, 0.25) is 0 Å². The van der Waals surface area contributed by atoms with E-state index in [2.05, 4.69) is 6.92 Å². The molecule has 0 amide bonds. The first kappa shape index (κ1) is 6.05. The van der Waals surface area contributed by atoms with Gasteiger partial charge in [0.15, 0.2) is 0 Å². The maximum Gasteiger partial charge on any atom is 0.0617 e. The lowest BCUT2D eigenvalue weighted by Gasteiger charge is -2.23. The van der Waals surface area contributed by atoms with Gasteiger partial charge in [0.1, 0.15) is 0 Å². The van der Waals surface area contributed by atoms with Gasteiger partial charge in [0.25, 0.3) is 0 Å². The third kappa shape index (κ3) is 1.46. The van der Waals surface area contributed by atoms with Crippen LogP contribution in [0, 0.1) is 5.92 Å². The Morgan fingerprint density at radius 1 is 1.50 bits per heavy atom. The molecule has 0 bridgehead atoms. The van der Waals surface area contributed by atoms with Crippen LogP contribution in [0.5, 0.6) is 0 Å². The van der Waals surface area contributed by atoms with E-state index in [1.54, 1.807) is 0 Å². The van der Waals surface area contributed by atoms with E-state index in [0.29, 0.717) is 12.0 Å². The first-order chi connectivity index (χ1) is 3.79. The van der Waals surface area contributed by atoms with Gasteiger partial charge in [-0.05, 0) is 12.3 Å². The minimum atomic E-state index is 0.291. The number of nitrogens with two attached hydrogens (primary N) is 1. The molecule has 2 nitrogen and oxygen atoms in total. The van der Waals surface area contributed by atoms with Crippen molar-refractivity contribution in [1.82, 2.24) is 0 Å². The summed E-state index contributed by atoms with van der Waals surface area (Å²) >= 11 is 0. The molecule has 1 rings (SSSR count). The average molecular weight is 115 g/mol. The summed E-state index contributed by atoms with van der Waals surface area (Å²) in [5.74, 6) is 0.666. The zero-order valence-corrected chi connectivity index (χ0v) is 5.26. The van der Waals surface area contributed by atoms with Crippen LogP contribution in [0.1, 0.15) is 13.3 Å². The minimum Gasteiger partial charge on any atom is -0.380 e. The SMILES string of the molecule is C[C@@H]1COCC(N)C1. The van der Waals surface area contributed by atoms with Crippen LogP contribution < -0.4 is 5.73 Å². The van der Waals surface area contributed by atoms with Crippen LogP contribution in [0.15, 0.2) is 0 Å². The van der Waals surface area contributed by atoms with Gasteiger partial charge in [-0.15, -0.1) is 0 Å². The van der Waals surface area contributed by atoms with Gasteiger partial charge < -0.3 is 10.5 Å². The maximum absolute atomic E-state index is 5.60. The van der Waals surface area contributed by atoms with Crippen molar-refractivity contribution in [3.8, 4) is 0 Å². The molecule has 48 valence electrons. The molecule has 2 atom stereocenters. The van der Waals surface area contributed by atoms with E-state index in [-0.39, 0.29) is 0 Å². The van der Waals surface area contributed by atoms with E-state index in [9.17, 15) is 0 Å². The third-order valence-corrected chi connectivity index (χ3v) is 1.44. The predicted molar refractivity (Wildman–Crippen MR) is 32.6 cm³/mol. The summed E-state index contributed by atoms with van der Waals surface area (Å²) in [5.41, 5.74) is 5.60. The van der Waals surface area contributed by atoms with Gasteiger partial charge in [-0.3, -0.25) is 0 Å². The largest absolute Gasteiger partial charge is 0.380 e. The van der Waals surface area contributed by atoms with Crippen molar-refractivity contribution in [3.63, 3.8) is 0 Å². The van der Waals surface area contributed by atoms with Crippen LogP contribution in [0.25, 0.3) is 0 Å². The fraction of sp³-hybridized carbons (Fsp3) is 1.00. The molecular weight excluding hydrogens is 102 g/mol. The second kappa shape index (κ2) is 2.46. The van der Waals surface area contributed by atoms with Gasteiger partial charge in [0, 0.05) is 12.6 Å².